The number of nitrogens with zero attached hydrogens (tertiary/aromatic N) is 2. The van der Waals surface area contributed by atoms with Gasteiger partial charge in [0.15, 0.2) is 6.10 Å². The standard InChI is InChI=1S/C15H20FN3O2/c1-10(2)17-15(20)19(3)9-13-8-14(18-21-13)11-5-4-6-12(16)7-11/h4-7,10,13H,8-9H2,1-3H3,(H,17,20)/t13-/m1/s1. The molecule has 1 N–H and O–H groups in total. The van der Waals surface area contributed by atoms with Gasteiger partial charge < -0.3 is 15.1 Å². The Balaban J connectivity index is 1.88. The Morgan fingerprint density at radius 1 is 1.57 bits per heavy atom. The molecule has 0 aromatic heterocycles. The second-order valence-corrected chi connectivity index (χ2v) is 5.46. The molecule has 0 spiro atoms. The molecule has 21 heavy (non-hydrogen) atoms. The predicted molar refractivity (Wildman–Crippen MR) is 78.7 cm³/mol. The highest BCUT2D eigenvalue weighted by Crippen LogP contribution is 2.18. The van der Waals surface area contributed by atoms with E-state index in [-0.39, 0.29) is 24.0 Å². The Bertz CT molecular complexity index is 545. The Morgan fingerprint density at radius 3 is 3.00 bits per heavy atom. The molecule has 0 aliphatic carbocycles. The lowest BCUT2D eigenvalue weighted by atomic mass is 10.0. The van der Waals surface area contributed by atoms with Gasteiger partial charge in [0.25, 0.3) is 0 Å². The molecular weight excluding hydrogens is 273 g/mol. The van der Waals surface area contributed by atoms with E-state index < -0.39 is 0 Å². The van der Waals surface area contributed by atoms with Gasteiger partial charge in [0.2, 0.25) is 0 Å². The topological polar surface area (TPSA) is 53.9 Å². The van der Waals surface area contributed by atoms with Gasteiger partial charge in [0.05, 0.1) is 12.3 Å². The summed E-state index contributed by atoms with van der Waals surface area (Å²) >= 11 is 0. The van der Waals surface area contributed by atoms with E-state index in [4.69, 9.17) is 4.84 Å². The molecule has 1 aromatic rings. The maximum absolute atomic E-state index is 13.2. The van der Waals surface area contributed by atoms with Crippen LogP contribution in [0.1, 0.15) is 25.8 Å². The summed E-state index contributed by atoms with van der Waals surface area (Å²) in [6.45, 7) is 4.24. The van der Waals surface area contributed by atoms with Crippen molar-refractivity contribution >= 4 is 11.7 Å². The van der Waals surface area contributed by atoms with Gasteiger partial charge in [-0.1, -0.05) is 17.3 Å². The lowest BCUT2D eigenvalue weighted by Gasteiger charge is -2.21. The second-order valence-electron chi connectivity index (χ2n) is 5.46. The summed E-state index contributed by atoms with van der Waals surface area (Å²) < 4.78 is 13.2. The first-order chi connectivity index (χ1) is 9.95. The van der Waals surface area contributed by atoms with E-state index in [1.54, 1.807) is 24.1 Å². The SMILES string of the molecule is CC(C)NC(=O)N(C)C[C@H]1CC(c2cccc(F)c2)=NO1. The van der Waals surface area contributed by atoms with E-state index in [1.807, 2.05) is 13.8 Å². The number of nitrogens with one attached hydrogen (secondary N) is 1. The molecule has 1 aliphatic rings. The van der Waals surface area contributed by atoms with Crippen LogP contribution in [0.25, 0.3) is 0 Å². The number of carbonyl (C=O) groups excluding carboxylic acids is 1. The van der Waals surface area contributed by atoms with Crippen LogP contribution in [-0.4, -0.2) is 42.4 Å². The molecule has 6 heteroatoms. The largest absolute Gasteiger partial charge is 0.390 e. The molecule has 0 saturated heterocycles. The van der Waals surface area contributed by atoms with E-state index in [2.05, 4.69) is 10.5 Å². The van der Waals surface area contributed by atoms with Crippen molar-refractivity contribution in [3.8, 4) is 0 Å². The van der Waals surface area contributed by atoms with Crippen molar-refractivity contribution in [2.45, 2.75) is 32.4 Å². The zero-order valence-electron chi connectivity index (χ0n) is 12.5. The van der Waals surface area contributed by atoms with Gasteiger partial charge in [-0.15, -0.1) is 0 Å². The molecule has 114 valence electrons. The normalized spacial score (nSPS) is 17.4. The van der Waals surface area contributed by atoms with Crippen molar-refractivity contribution in [2.75, 3.05) is 13.6 Å². The lowest BCUT2D eigenvalue weighted by Crippen LogP contribution is -2.43. The van der Waals surface area contributed by atoms with Gasteiger partial charge in [-0.3, -0.25) is 0 Å². The Morgan fingerprint density at radius 2 is 2.33 bits per heavy atom. The van der Waals surface area contributed by atoms with Crippen molar-refractivity contribution in [1.29, 1.82) is 0 Å². The third-order valence-corrected chi connectivity index (χ3v) is 3.13. The zero-order valence-corrected chi connectivity index (χ0v) is 12.5. The minimum absolute atomic E-state index is 0.0866. The fourth-order valence-electron chi connectivity index (χ4n) is 2.11. The van der Waals surface area contributed by atoms with Crippen molar-refractivity contribution in [3.05, 3.63) is 35.6 Å². The van der Waals surface area contributed by atoms with Crippen LogP contribution < -0.4 is 5.32 Å². The Kier molecular flexibility index (Phi) is 4.77. The molecule has 1 heterocycles. The Hall–Kier alpha value is -2.11. The van der Waals surface area contributed by atoms with E-state index in [0.29, 0.717) is 24.2 Å². The lowest BCUT2D eigenvalue weighted by molar-refractivity contribution is 0.0655. The molecule has 2 rings (SSSR count). The molecule has 0 fully saturated rings. The van der Waals surface area contributed by atoms with Crippen LogP contribution in [0.3, 0.4) is 0 Å². The van der Waals surface area contributed by atoms with Crippen LogP contribution in [0.15, 0.2) is 29.4 Å². The maximum atomic E-state index is 13.2. The predicted octanol–water partition coefficient (Wildman–Crippen LogP) is 2.37. The molecule has 0 unspecified atom stereocenters. The van der Waals surface area contributed by atoms with Gasteiger partial charge in [-0.05, 0) is 26.0 Å². The highest BCUT2D eigenvalue weighted by Gasteiger charge is 2.25. The number of benzene rings is 1. The van der Waals surface area contributed by atoms with Crippen LogP contribution in [0, 0.1) is 5.82 Å². The smallest absolute Gasteiger partial charge is 0.317 e. The van der Waals surface area contributed by atoms with Crippen molar-refractivity contribution in [2.24, 2.45) is 5.16 Å². The van der Waals surface area contributed by atoms with E-state index >= 15 is 0 Å². The highest BCUT2D eigenvalue weighted by atomic mass is 19.1. The molecule has 1 atom stereocenters. The molecular formula is C15H20FN3O2. The Labute approximate surface area is 123 Å². The number of halogens is 1. The molecule has 2 amide bonds. The summed E-state index contributed by atoms with van der Waals surface area (Å²) in [5.74, 6) is -0.299. The fourth-order valence-corrected chi connectivity index (χ4v) is 2.11. The van der Waals surface area contributed by atoms with Crippen molar-refractivity contribution < 1.29 is 14.0 Å². The number of carbonyl (C=O) groups is 1. The van der Waals surface area contributed by atoms with Crippen LogP contribution in [-0.2, 0) is 4.84 Å². The van der Waals surface area contributed by atoms with Gasteiger partial charge >= 0.3 is 6.03 Å². The van der Waals surface area contributed by atoms with E-state index in [1.165, 1.54) is 12.1 Å². The van der Waals surface area contributed by atoms with Crippen LogP contribution in [0.5, 0.6) is 0 Å². The maximum Gasteiger partial charge on any atom is 0.317 e. The first-order valence-corrected chi connectivity index (χ1v) is 6.96. The van der Waals surface area contributed by atoms with Crippen molar-refractivity contribution in [1.82, 2.24) is 10.2 Å². The molecule has 5 nitrogen and oxygen atoms in total. The third kappa shape index (κ3) is 4.18. The van der Waals surface area contributed by atoms with E-state index in [9.17, 15) is 9.18 Å². The van der Waals surface area contributed by atoms with Crippen LogP contribution >= 0.6 is 0 Å². The molecule has 0 radical (unpaired) electrons. The average molecular weight is 293 g/mol. The fraction of sp³-hybridized carbons (Fsp3) is 0.467. The molecule has 1 aromatic carbocycles. The molecule has 0 saturated carbocycles. The second kappa shape index (κ2) is 6.56. The van der Waals surface area contributed by atoms with Crippen LogP contribution in [0.2, 0.25) is 0 Å². The minimum Gasteiger partial charge on any atom is -0.390 e. The number of amides is 2. The quantitative estimate of drug-likeness (QED) is 0.926. The van der Waals surface area contributed by atoms with Gasteiger partial charge in [-0.25, -0.2) is 9.18 Å². The molecule has 0 bridgehead atoms. The summed E-state index contributed by atoms with van der Waals surface area (Å²) in [5.41, 5.74) is 1.42. The first-order valence-electron chi connectivity index (χ1n) is 6.96. The van der Waals surface area contributed by atoms with E-state index in [0.717, 1.165) is 0 Å². The summed E-state index contributed by atoms with van der Waals surface area (Å²) in [4.78, 5) is 18.7. The summed E-state index contributed by atoms with van der Waals surface area (Å²) in [5, 5.41) is 6.80. The number of likely N-dealkylation sites (N-methyl/N-ethyl adjacent to an activating group) is 1. The number of rotatable bonds is 4. The summed E-state index contributed by atoms with van der Waals surface area (Å²) in [7, 11) is 1.71. The van der Waals surface area contributed by atoms with Crippen molar-refractivity contribution in [3.63, 3.8) is 0 Å². The number of hydrogen-bond donors (Lipinski definition) is 1. The van der Waals surface area contributed by atoms with Gasteiger partial charge in [-0.2, -0.15) is 0 Å². The average Bonchev–Trinajstić information content (AvgIpc) is 2.86. The zero-order chi connectivity index (χ0) is 15.4. The summed E-state index contributed by atoms with van der Waals surface area (Å²) in [6.07, 6.45) is 0.356. The van der Waals surface area contributed by atoms with Gasteiger partial charge in [0.1, 0.15) is 5.82 Å². The summed E-state index contributed by atoms with van der Waals surface area (Å²) in [6, 6.07) is 6.20. The minimum atomic E-state index is -0.299. The van der Waals surface area contributed by atoms with Crippen LogP contribution in [0.4, 0.5) is 9.18 Å². The third-order valence-electron chi connectivity index (χ3n) is 3.13. The highest BCUT2D eigenvalue weighted by molar-refractivity contribution is 6.01. The number of oxime groups is 1. The van der Waals surface area contributed by atoms with Gasteiger partial charge in [0, 0.05) is 25.1 Å². The monoisotopic (exact) mass is 293 g/mol. The number of hydrogen-bond acceptors (Lipinski definition) is 3. The molecule has 1 aliphatic heterocycles. The number of urea groups is 1. The first kappa shape index (κ1) is 15.3.